The van der Waals surface area contributed by atoms with Crippen LogP contribution in [-0.2, 0) is 9.59 Å². The summed E-state index contributed by atoms with van der Waals surface area (Å²) in [6.07, 6.45) is 0. The molecule has 0 bridgehead atoms. The number of carbonyl (C=O) groups excluding carboxylic acids is 2. The number of benzene rings is 1. The van der Waals surface area contributed by atoms with Crippen LogP contribution in [0.5, 0.6) is 0 Å². The van der Waals surface area contributed by atoms with E-state index in [1.807, 2.05) is 13.8 Å². The number of rotatable bonds is 4. The molecular weight excluding hydrogens is 301 g/mol. The van der Waals surface area contributed by atoms with Crippen LogP contribution in [0.2, 0.25) is 10.0 Å². The van der Waals surface area contributed by atoms with Crippen molar-refractivity contribution in [1.29, 1.82) is 0 Å². The fourth-order valence-electron chi connectivity index (χ4n) is 1.63. The summed E-state index contributed by atoms with van der Waals surface area (Å²) >= 11 is 11.8. The van der Waals surface area contributed by atoms with Crippen LogP contribution in [-0.4, -0.2) is 17.9 Å². The highest BCUT2D eigenvalue weighted by molar-refractivity contribution is 6.39. The SMILES string of the molecule is CC(=O)NC(C(=O)Nc1cc(Cl)c(N)c(Cl)c1)C(C)C. The number of halogens is 2. The lowest BCUT2D eigenvalue weighted by Crippen LogP contribution is -2.46. The molecule has 0 aliphatic carbocycles. The molecule has 1 aromatic rings. The zero-order chi connectivity index (χ0) is 15.4. The van der Waals surface area contributed by atoms with E-state index < -0.39 is 6.04 Å². The van der Waals surface area contributed by atoms with Gasteiger partial charge in [0.2, 0.25) is 11.8 Å². The Kier molecular flexibility index (Phi) is 5.65. The smallest absolute Gasteiger partial charge is 0.247 e. The number of hydrogen-bond acceptors (Lipinski definition) is 3. The zero-order valence-electron chi connectivity index (χ0n) is 11.5. The third-order valence-electron chi connectivity index (χ3n) is 2.65. The Labute approximate surface area is 127 Å². The Balaban J connectivity index is 2.91. The van der Waals surface area contributed by atoms with Crippen molar-refractivity contribution in [2.75, 3.05) is 11.1 Å². The van der Waals surface area contributed by atoms with Gasteiger partial charge in [-0.15, -0.1) is 0 Å². The van der Waals surface area contributed by atoms with Gasteiger partial charge in [0.25, 0.3) is 0 Å². The second-order valence-electron chi connectivity index (χ2n) is 4.77. The van der Waals surface area contributed by atoms with Crippen LogP contribution in [0.4, 0.5) is 11.4 Å². The summed E-state index contributed by atoms with van der Waals surface area (Å²) in [4.78, 5) is 23.3. The van der Waals surface area contributed by atoms with Crippen molar-refractivity contribution >= 4 is 46.4 Å². The normalized spacial score (nSPS) is 12.1. The van der Waals surface area contributed by atoms with Crippen LogP contribution in [0.25, 0.3) is 0 Å². The van der Waals surface area contributed by atoms with Gasteiger partial charge in [-0.25, -0.2) is 0 Å². The first-order valence-electron chi connectivity index (χ1n) is 6.04. The van der Waals surface area contributed by atoms with E-state index in [1.54, 1.807) is 0 Å². The summed E-state index contributed by atoms with van der Waals surface area (Å²) in [5, 5.41) is 5.77. The molecule has 0 aliphatic heterocycles. The average Bonchev–Trinajstić information content (AvgIpc) is 2.32. The van der Waals surface area contributed by atoms with Gasteiger partial charge in [-0.3, -0.25) is 9.59 Å². The van der Waals surface area contributed by atoms with E-state index in [0.29, 0.717) is 5.69 Å². The number of nitrogens with two attached hydrogens (primary N) is 1. The topological polar surface area (TPSA) is 84.2 Å². The van der Waals surface area contributed by atoms with E-state index in [9.17, 15) is 9.59 Å². The van der Waals surface area contributed by atoms with Gasteiger partial charge in [0.1, 0.15) is 6.04 Å². The molecule has 1 rings (SSSR count). The van der Waals surface area contributed by atoms with E-state index in [0.717, 1.165) is 0 Å². The van der Waals surface area contributed by atoms with Gasteiger partial charge in [0.05, 0.1) is 15.7 Å². The lowest BCUT2D eigenvalue weighted by Gasteiger charge is -2.21. The molecule has 0 heterocycles. The molecule has 4 N–H and O–H groups in total. The molecule has 5 nitrogen and oxygen atoms in total. The molecule has 1 unspecified atom stereocenters. The minimum absolute atomic E-state index is 0.0568. The molecule has 0 spiro atoms. The molecule has 0 radical (unpaired) electrons. The number of hydrogen-bond donors (Lipinski definition) is 3. The summed E-state index contributed by atoms with van der Waals surface area (Å²) in [7, 11) is 0. The molecule has 0 aromatic heterocycles. The van der Waals surface area contributed by atoms with Crippen molar-refractivity contribution < 1.29 is 9.59 Å². The lowest BCUT2D eigenvalue weighted by atomic mass is 10.0. The Morgan fingerprint density at radius 3 is 2.10 bits per heavy atom. The van der Waals surface area contributed by atoms with Crippen molar-refractivity contribution in [2.24, 2.45) is 5.92 Å². The van der Waals surface area contributed by atoms with Crippen LogP contribution in [0.1, 0.15) is 20.8 Å². The molecule has 110 valence electrons. The van der Waals surface area contributed by atoms with E-state index in [-0.39, 0.29) is 33.5 Å². The predicted octanol–water partition coefficient (Wildman–Crippen LogP) is 2.67. The maximum atomic E-state index is 12.2. The van der Waals surface area contributed by atoms with Gasteiger partial charge in [0, 0.05) is 12.6 Å². The third kappa shape index (κ3) is 4.28. The Morgan fingerprint density at radius 1 is 1.20 bits per heavy atom. The van der Waals surface area contributed by atoms with Gasteiger partial charge in [-0.2, -0.15) is 0 Å². The third-order valence-corrected chi connectivity index (χ3v) is 3.28. The summed E-state index contributed by atoms with van der Waals surface area (Å²) < 4.78 is 0. The zero-order valence-corrected chi connectivity index (χ0v) is 13.0. The number of amides is 2. The standard InChI is InChI=1S/C13H17Cl2N3O2/c1-6(2)12(17-7(3)19)13(20)18-8-4-9(14)11(16)10(15)5-8/h4-6,12H,16H2,1-3H3,(H,17,19)(H,18,20). The van der Waals surface area contributed by atoms with Crippen molar-refractivity contribution in [3.8, 4) is 0 Å². The Hall–Kier alpha value is -1.46. The maximum absolute atomic E-state index is 12.2. The molecule has 1 atom stereocenters. The first kappa shape index (κ1) is 16.6. The van der Waals surface area contributed by atoms with E-state index in [4.69, 9.17) is 28.9 Å². The van der Waals surface area contributed by atoms with Gasteiger partial charge in [-0.05, 0) is 18.1 Å². The molecule has 7 heteroatoms. The highest BCUT2D eigenvalue weighted by Crippen LogP contribution is 2.31. The van der Waals surface area contributed by atoms with Gasteiger partial charge in [0.15, 0.2) is 0 Å². The molecule has 0 fully saturated rings. The first-order valence-corrected chi connectivity index (χ1v) is 6.80. The van der Waals surface area contributed by atoms with Crippen LogP contribution in [0.15, 0.2) is 12.1 Å². The average molecular weight is 318 g/mol. The van der Waals surface area contributed by atoms with Crippen LogP contribution in [0, 0.1) is 5.92 Å². The van der Waals surface area contributed by atoms with Crippen molar-refractivity contribution in [3.05, 3.63) is 22.2 Å². The molecule has 20 heavy (non-hydrogen) atoms. The number of carbonyl (C=O) groups is 2. The van der Waals surface area contributed by atoms with Crippen molar-refractivity contribution in [1.82, 2.24) is 5.32 Å². The molecule has 0 saturated heterocycles. The highest BCUT2D eigenvalue weighted by atomic mass is 35.5. The second-order valence-corrected chi connectivity index (χ2v) is 5.58. The highest BCUT2D eigenvalue weighted by Gasteiger charge is 2.23. The fourth-order valence-corrected chi connectivity index (χ4v) is 2.12. The van der Waals surface area contributed by atoms with Crippen molar-refractivity contribution in [3.63, 3.8) is 0 Å². The minimum atomic E-state index is -0.636. The van der Waals surface area contributed by atoms with Gasteiger partial charge in [-0.1, -0.05) is 37.0 Å². The Bertz CT molecular complexity index is 509. The summed E-state index contributed by atoms with van der Waals surface area (Å²) in [6.45, 7) is 5.03. The van der Waals surface area contributed by atoms with Crippen LogP contribution >= 0.6 is 23.2 Å². The maximum Gasteiger partial charge on any atom is 0.247 e. The summed E-state index contributed by atoms with van der Waals surface area (Å²) in [6, 6.07) is 2.38. The van der Waals surface area contributed by atoms with E-state index in [1.165, 1.54) is 19.1 Å². The Morgan fingerprint density at radius 2 is 1.70 bits per heavy atom. The number of anilines is 2. The summed E-state index contributed by atoms with van der Waals surface area (Å²) in [5.74, 6) is -0.669. The van der Waals surface area contributed by atoms with E-state index in [2.05, 4.69) is 10.6 Å². The fraction of sp³-hybridized carbons (Fsp3) is 0.385. The van der Waals surface area contributed by atoms with Gasteiger partial charge < -0.3 is 16.4 Å². The van der Waals surface area contributed by atoms with Crippen LogP contribution < -0.4 is 16.4 Å². The largest absolute Gasteiger partial charge is 0.396 e. The lowest BCUT2D eigenvalue weighted by molar-refractivity contribution is -0.126. The quantitative estimate of drug-likeness (QED) is 0.746. The first-order chi connectivity index (χ1) is 9.22. The number of nitrogen functional groups attached to an aromatic ring is 1. The number of nitrogens with one attached hydrogen (secondary N) is 2. The minimum Gasteiger partial charge on any atom is -0.396 e. The molecule has 1 aromatic carbocycles. The van der Waals surface area contributed by atoms with E-state index >= 15 is 0 Å². The molecular formula is C13H17Cl2N3O2. The molecule has 0 aliphatic rings. The molecule has 0 saturated carbocycles. The summed E-state index contributed by atoms with van der Waals surface area (Å²) in [5.41, 5.74) is 6.31. The monoisotopic (exact) mass is 317 g/mol. The van der Waals surface area contributed by atoms with Crippen molar-refractivity contribution in [2.45, 2.75) is 26.8 Å². The van der Waals surface area contributed by atoms with Crippen LogP contribution in [0.3, 0.4) is 0 Å². The molecule has 2 amide bonds. The predicted molar refractivity (Wildman–Crippen MR) is 81.9 cm³/mol. The second kappa shape index (κ2) is 6.81. The van der Waals surface area contributed by atoms with Gasteiger partial charge >= 0.3 is 0 Å².